The van der Waals surface area contributed by atoms with Crippen LogP contribution in [0.1, 0.15) is 74.4 Å². The van der Waals surface area contributed by atoms with Gasteiger partial charge in [-0.1, -0.05) is 49.7 Å². The molecule has 1 aliphatic heterocycles. The van der Waals surface area contributed by atoms with Gasteiger partial charge in [-0.2, -0.15) is 9.97 Å². The number of carbonyl (C=O) groups excluding carboxylic acids is 2. The lowest BCUT2D eigenvalue weighted by molar-refractivity contribution is -0.385. The van der Waals surface area contributed by atoms with Crippen LogP contribution >= 0.6 is 0 Å². The summed E-state index contributed by atoms with van der Waals surface area (Å²) in [5.41, 5.74) is 2.08. The van der Waals surface area contributed by atoms with Crippen molar-refractivity contribution in [2.45, 2.75) is 78.1 Å². The van der Waals surface area contributed by atoms with Gasteiger partial charge >= 0.3 is 23.8 Å². The fourth-order valence-corrected chi connectivity index (χ4v) is 6.94. The molecular weight excluding hydrogens is 785 g/mol. The number of piperazine rings is 1. The molecule has 16 heteroatoms. The lowest BCUT2D eigenvalue weighted by atomic mass is 9.93. The van der Waals surface area contributed by atoms with Gasteiger partial charge in [0.15, 0.2) is 0 Å². The van der Waals surface area contributed by atoms with Crippen molar-refractivity contribution in [1.29, 1.82) is 0 Å². The van der Waals surface area contributed by atoms with Crippen LogP contribution in [0.3, 0.4) is 0 Å². The summed E-state index contributed by atoms with van der Waals surface area (Å²) in [5, 5.41) is 13.3. The number of amides is 1. The van der Waals surface area contributed by atoms with E-state index < -0.39 is 28.1 Å². The molecule has 1 saturated heterocycles. The molecule has 16 nitrogen and oxygen atoms in total. The highest BCUT2D eigenvalue weighted by Crippen LogP contribution is 2.40. The monoisotopic (exact) mass is 842 g/mol. The molecule has 0 saturated carbocycles. The van der Waals surface area contributed by atoms with Crippen LogP contribution in [0.4, 0.5) is 16.3 Å². The van der Waals surface area contributed by atoms with E-state index in [1.807, 2.05) is 94.4 Å². The Bertz CT molecular complexity index is 2030. The molecule has 1 fully saturated rings. The quantitative estimate of drug-likeness (QED) is 0.0398. The zero-order valence-corrected chi connectivity index (χ0v) is 36.5. The Labute approximate surface area is 357 Å². The Morgan fingerprint density at radius 3 is 1.93 bits per heavy atom. The average molecular weight is 843 g/mol. The Kier molecular flexibility index (Phi) is 16.1. The number of aromatic nitrogens is 2. The van der Waals surface area contributed by atoms with E-state index in [1.165, 1.54) is 14.2 Å². The third-order valence-electron chi connectivity index (χ3n) is 10.2. The number of carbonyl (C=O) groups is 2. The number of rotatable bonds is 19. The summed E-state index contributed by atoms with van der Waals surface area (Å²) in [6, 6.07) is 20.4. The molecule has 3 aromatic carbocycles. The molecule has 1 amide bonds. The van der Waals surface area contributed by atoms with E-state index in [0.717, 1.165) is 23.1 Å². The standard InChI is InChI=1S/C45H58N6O10/c1-9-10-25-60-43-46-39(40(51(54)55)41(47-43)50(29-31-12-17-35(56-5)18-13-31)30-32-14-19-36(57-6)20-15-32)37(42(52)59-8)27-34-16-11-33(26-38(34)58-7)28-48-21-23-49(24-22-48)44(53)61-45(2,3)4/h11-20,26,37H,9-10,21-25,27-30H2,1-8H3. The molecule has 0 aliphatic carbocycles. The first-order valence-electron chi connectivity index (χ1n) is 20.4. The van der Waals surface area contributed by atoms with Crippen molar-refractivity contribution in [3.63, 3.8) is 0 Å². The first-order valence-corrected chi connectivity index (χ1v) is 20.4. The average Bonchev–Trinajstić information content (AvgIpc) is 3.25. The van der Waals surface area contributed by atoms with E-state index >= 15 is 0 Å². The molecule has 4 aromatic rings. The van der Waals surface area contributed by atoms with Crippen molar-refractivity contribution in [3.8, 4) is 23.3 Å². The number of unbranched alkanes of at least 4 members (excludes halogenated alkanes) is 1. The Balaban J connectivity index is 1.52. The summed E-state index contributed by atoms with van der Waals surface area (Å²) in [4.78, 5) is 54.3. The number of hydrogen-bond donors (Lipinski definition) is 0. The Morgan fingerprint density at radius 2 is 1.43 bits per heavy atom. The first kappa shape index (κ1) is 45.9. The predicted molar refractivity (Wildman–Crippen MR) is 230 cm³/mol. The molecule has 61 heavy (non-hydrogen) atoms. The molecular formula is C45H58N6O10. The zero-order valence-electron chi connectivity index (χ0n) is 36.5. The summed E-state index contributed by atoms with van der Waals surface area (Å²) < 4.78 is 33.5. The number of methoxy groups -OCH3 is 4. The second kappa shape index (κ2) is 21.4. The maximum absolute atomic E-state index is 13.9. The van der Waals surface area contributed by atoms with Crippen molar-refractivity contribution in [3.05, 3.63) is 105 Å². The summed E-state index contributed by atoms with van der Waals surface area (Å²) in [5.74, 6) is -0.167. The minimum absolute atomic E-state index is 0.0175. The Morgan fingerprint density at radius 1 is 0.836 bits per heavy atom. The van der Waals surface area contributed by atoms with Gasteiger partial charge in [0, 0.05) is 45.8 Å². The Hall–Kier alpha value is -6.16. The van der Waals surface area contributed by atoms with Crippen LogP contribution in [0.15, 0.2) is 66.7 Å². The van der Waals surface area contributed by atoms with Gasteiger partial charge in [0.2, 0.25) is 5.82 Å². The number of ether oxygens (including phenoxy) is 6. The highest BCUT2D eigenvalue weighted by atomic mass is 16.6. The molecule has 2 heterocycles. The van der Waals surface area contributed by atoms with E-state index in [1.54, 1.807) is 24.0 Å². The normalized spacial score (nSPS) is 13.5. The lowest BCUT2D eigenvalue weighted by Crippen LogP contribution is -2.49. The van der Waals surface area contributed by atoms with E-state index in [0.29, 0.717) is 62.0 Å². The van der Waals surface area contributed by atoms with Crippen molar-refractivity contribution >= 4 is 23.6 Å². The first-order chi connectivity index (χ1) is 29.2. The predicted octanol–water partition coefficient (Wildman–Crippen LogP) is 7.35. The minimum Gasteiger partial charge on any atom is -0.497 e. The number of hydrogen-bond acceptors (Lipinski definition) is 14. The molecule has 0 radical (unpaired) electrons. The van der Waals surface area contributed by atoms with Gasteiger partial charge in [-0.25, -0.2) is 4.79 Å². The summed E-state index contributed by atoms with van der Waals surface area (Å²) >= 11 is 0. The molecule has 0 bridgehead atoms. The zero-order chi connectivity index (χ0) is 44.1. The van der Waals surface area contributed by atoms with E-state index in [-0.39, 0.29) is 49.7 Å². The number of anilines is 1. The molecule has 5 rings (SSSR count). The van der Waals surface area contributed by atoms with Crippen LogP contribution in [0.5, 0.6) is 23.3 Å². The molecule has 1 unspecified atom stereocenters. The van der Waals surface area contributed by atoms with Gasteiger partial charge in [0.1, 0.15) is 34.5 Å². The fourth-order valence-electron chi connectivity index (χ4n) is 6.94. The number of benzene rings is 3. The highest BCUT2D eigenvalue weighted by Gasteiger charge is 2.38. The fraction of sp³-hybridized carbons (Fsp3) is 0.467. The summed E-state index contributed by atoms with van der Waals surface area (Å²) in [6.07, 6.45) is 1.16. The van der Waals surface area contributed by atoms with Gasteiger partial charge in [-0.05, 0) is 86.2 Å². The maximum atomic E-state index is 13.9. The molecule has 0 spiro atoms. The van der Waals surface area contributed by atoms with Crippen LogP contribution < -0.4 is 23.8 Å². The van der Waals surface area contributed by atoms with E-state index in [9.17, 15) is 19.7 Å². The van der Waals surface area contributed by atoms with Crippen LogP contribution in [0.25, 0.3) is 0 Å². The molecule has 0 N–H and O–H groups in total. The van der Waals surface area contributed by atoms with Crippen LogP contribution in [-0.2, 0) is 40.3 Å². The molecule has 328 valence electrons. The second-order valence-corrected chi connectivity index (χ2v) is 15.7. The smallest absolute Gasteiger partial charge is 0.410 e. The summed E-state index contributed by atoms with van der Waals surface area (Å²) in [7, 11) is 5.94. The van der Waals surface area contributed by atoms with Crippen molar-refractivity contribution in [1.82, 2.24) is 19.8 Å². The number of nitro groups is 1. The molecule has 1 aromatic heterocycles. The molecule has 1 atom stereocenters. The molecule has 1 aliphatic rings. The van der Waals surface area contributed by atoms with Gasteiger partial charge in [-0.15, -0.1) is 0 Å². The largest absolute Gasteiger partial charge is 0.497 e. The van der Waals surface area contributed by atoms with Crippen LogP contribution in [0.2, 0.25) is 0 Å². The number of nitrogens with zero attached hydrogens (tertiary/aromatic N) is 6. The second-order valence-electron chi connectivity index (χ2n) is 15.7. The van der Waals surface area contributed by atoms with Gasteiger partial charge in [0.05, 0.1) is 40.0 Å². The third kappa shape index (κ3) is 12.7. The van der Waals surface area contributed by atoms with Crippen LogP contribution in [0, 0.1) is 10.1 Å². The summed E-state index contributed by atoms with van der Waals surface area (Å²) in [6.45, 7) is 11.2. The van der Waals surface area contributed by atoms with Gasteiger partial charge in [-0.3, -0.25) is 19.8 Å². The van der Waals surface area contributed by atoms with E-state index in [2.05, 4.69) is 14.9 Å². The van der Waals surface area contributed by atoms with Crippen molar-refractivity contribution < 1.29 is 42.9 Å². The van der Waals surface area contributed by atoms with Crippen molar-refractivity contribution in [2.24, 2.45) is 0 Å². The number of esters is 1. The van der Waals surface area contributed by atoms with Gasteiger partial charge < -0.3 is 38.2 Å². The topological polar surface area (TPSA) is 168 Å². The SMILES string of the molecule is CCCCOc1nc(C(Cc2ccc(CN3CCN(C(=O)OC(C)(C)C)CC3)cc2OC)C(=O)OC)c([N+](=O)[O-])c(N(Cc2ccc(OC)cc2)Cc2ccc(OC)cc2)n1. The van der Waals surface area contributed by atoms with Crippen molar-refractivity contribution in [2.75, 3.05) is 66.1 Å². The minimum atomic E-state index is -1.25. The maximum Gasteiger partial charge on any atom is 0.410 e. The highest BCUT2D eigenvalue weighted by molar-refractivity contribution is 5.81. The van der Waals surface area contributed by atoms with Gasteiger partial charge in [0.25, 0.3) is 0 Å². The lowest BCUT2D eigenvalue weighted by Gasteiger charge is -2.35. The van der Waals surface area contributed by atoms with Crippen LogP contribution in [-0.4, -0.2) is 104 Å². The van der Waals surface area contributed by atoms with E-state index in [4.69, 9.17) is 28.4 Å². The third-order valence-corrected chi connectivity index (χ3v) is 10.2.